The topological polar surface area (TPSA) is 92.3 Å². The van der Waals surface area contributed by atoms with Crippen LogP contribution in [0.5, 0.6) is 0 Å². The van der Waals surface area contributed by atoms with E-state index in [-0.39, 0.29) is 32.3 Å². The van der Waals surface area contributed by atoms with Crippen molar-refractivity contribution in [3.63, 3.8) is 0 Å². The van der Waals surface area contributed by atoms with Gasteiger partial charge in [-0.25, -0.2) is 8.42 Å². The summed E-state index contributed by atoms with van der Waals surface area (Å²) in [4.78, 5) is 27.1. The monoisotopic (exact) mass is 968 g/mol. The summed E-state index contributed by atoms with van der Waals surface area (Å²) >= 11 is 21.0. The fraction of sp³-hybridized carbons (Fsp3) is 0.500. The third-order valence-electron chi connectivity index (χ3n) is 6.68. The Bertz CT molecular complexity index is 1260. The van der Waals surface area contributed by atoms with Crippen molar-refractivity contribution < 1.29 is 18.0 Å². The minimum Gasteiger partial charge on any atom is -0.352 e. The highest BCUT2D eigenvalue weighted by Crippen LogP contribution is 2.39. The highest BCUT2D eigenvalue weighted by atomic mass is 79.9. The SMILES string of the molecule is CCCCNC(=O)c1c(CBr)c(CBr)cc(S(=O)(=O)c2cc(CBr)c(CBr)c(C(=O)NCCCC)c2CBr)c1CBr. The molecule has 6 nitrogen and oxygen atoms in total. The number of sulfone groups is 1. The molecule has 0 unspecified atom stereocenters. The fourth-order valence-electron chi connectivity index (χ4n) is 4.49. The van der Waals surface area contributed by atoms with Crippen LogP contribution in [0.15, 0.2) is 21.9 Å². The van der Waals surface area contributed by atoms with Crippen LogP contribution in [0.25, 0.3) is 0 Å². The molecule has 2 rings (SSSR count). The maximum Gasteiger partial charge on any atom is 0.251 e. The van der Waals surface area contributed by atoms with Crippen LogP contribution in [0, 0.1) is 0 Å². The van der Waals surface area contributed by atoms with Crippen molar-refractivity contribution in [1.29, 1.82) is 0 Å². The van der Waals surface area contributed by atoms with E-state index in [0.29, 0.717) is 67.8 Å². The number of halogens is 6. The molecule has 2 amide bonds. The molecule has 0 saturated heterocycles. The quantitative estimate of drug-likeness (QED) is 0.130. The van der Waals surface area contributed by atoms with Gasteiger partial charge < -0.3 is 10.6 Å². The summed E-state index contributed by atoms with van der Waals surface area (Å²) in [5, 5.41) is 7.71. The van der Waals surface area contributed by atoms with Crippen molar-refractivity contribution in [1.82, 2.24) is 10.6 Å². The maximum absolute atomic E-state index is 14.6. The first-order chi connectivity index (χ1) is 19.6. The average Bonchev–Trinajstić information content (AvgIpc) is 2.98. The molecule has 0 atom stereocenters. The first-order valence-electron chi connectivity index (χ1n) is 13.2. The van der Waals surface area contributed by atoms with Crippen LogP contribution >= 0.6 is 95.6 Å². The van der Waals surface area contributed by atoms with Gasteiger partial charge in [-0.3, -0.25) is 9.59 Å². The predicted molar refractivity (Wildman–Crippen MR) is 189 cm³/mol. The molecule has 0 aliphatic carbocycles. The Morgan fingerprint density at radius 3 is 1.22 bits per heavy atom. The second kappa shape index (κ2) is 18.2. The molecule has 2 aromatic carbocycles. The van der Waals surface area contributed by atoms with Crippen LogP contribution in [0.4, 0.5) is 0 Å². The van der Waals surface area contributed by atoms with Crippen LogP contribution in [0.2, 0.25) is 0 Å². The molecule has 0 aliphatic rings. The van der Waals surface area contributed by atoms with Gasteiger partial charge in [0, 0.05) is 56.2 Å². The van der Waals surface area contributed by atoms with Crippen LogP contribution in [0.1, 0.15) is 93.6 Å². The smallest absolute Gasteiger partial charge is 0.251 e. The van der Waals surface area contributed by atoms with Gasteiger partial charge >= 0.3 is 0 Å². The minimum atomic E-state index is -4.19. The molecule has 0 heterocycles. The number of rotatable bonds is 16. The number of hydrogen-bond donors (Lipinski definition) is 2. The summed E-state index contributed by atoms with van der Waals surface area (Å²) < 4.78 is 29.3. The average molecular weight is 974 g/mol. The molecule has 2 N–H and O–H groups in total. The zero-order chi connectivity index (χ0) is 30.7. The molecule has 0 fully saturated rings. The van der Waals surface area contributed by atoms with Crippen molar-refractivity contribution in [2.75, 3.05) is 13.1 Å². The number of hydrogen-bond acceptors (Lipinski definition) is 4. The predicted octanol–water partition coefficient (Wildman–Crippen LogP) is 8.95. The standard InChI is InChI=1S/C28H34Br6N2O4S/c1-3-5-7-35-27(37)25-19(13-31)17(11-29)9-23(21(25)15-33)41(39,40)24-10-18(12-30)20(14-32)26(22(24)16-34)28(38)36-8-6-4-2/h9-10H,3-8,11-16H2,1-2H3,(H,35,37)(H,36,38). The van der Waals surface area contributed by atoms with Crippen molar-refractivity contribution in [2.24, 2.45) is 0 Å². The Morgan fingerprint density at radius 1 is 0.610 bits per heavy atom. The van der Waals surface area contributed by atoms with Gasteiger partial charge in [-0.05, 0) is 58.4 Å². The van der Waals surface area contributed by atoms with Crippen molar-refractivity contribution in [2.45, 2.75) is 81.3 Å². The molecule has 0 saturated carbocycles. The van der Waals surface area contributed by atoms with Crippen molar-refractivity contribution >= 4 is 117 Å². The van der Waals surface area contributed by atoms with Gasteiger partial charge in [-0.15, -0.1) is 0 Å². The number of unbranched alkanes of at least 4 members (excludes halogenated alkanes) is 2. The number of nitrogens with one attached hydrogen (secondary N) is 2. The second-order valence-electron chi connectivity index (χ2n) is 9.26. The second-order valence-corrected chi connectivity index (χ2v) is 14.5. The van der Waals surface area contributed by atoms with E-state index < -0.39 is 9.84 Å². The van der Waals surface area contributed by atoms with Gasteiger partial charge in [0.05, 0.1) is 9.79 Å². The number of carbonyl (C=O) groups is 2. The van der Waals surface area contributed by atoms with E-state index in [1.54, 1.807) is 12.1 Å². The Balaban J connectivity index is 2.97. The van der Waals surface area contributed by atoms with E-state index in [1.165, 1.54) is 0 Å². The van der Waals surface area contributed by atoms with Crippen molar-refractivity contribution in [3.8, 4) is 0 Å². The van der Waals surface area contributed by atoms with Crippen LogP contribution in [0.3, 0.4) is 0 Å². The molecule has 0 aliphatic heterocycles. The summed E-state index contributed by atoms with van der Waals surface area (Å²) in [5.74, 6) is -0.622. The van der Waals surface area contributed by atoms with Gasteiger partial charge in [-0.2, -0.15) is 0 Å². The molecule has 0 radical (unpaired) electrons. The molecular weight excluding hydrogens is 940 g/mol. The molecule has 41 heavy (non-hydrogen) atoms. The molecule has 0 bridgehead atoms. The normalized spacial score (nSPS) is 11.5. The lowest BCUT2D eigenvalue weighted by molar-refractivity contribution is 0.0943. The number of amides is 2. The van der Waals surface area contributed by atoms with E-state index >= 15 is 0 Å². The van der Waals surface area contributed by atoms with Gasteiger partial charge in [0.25, 0.3) is 11.8 Å². The van der Waals surface area contributed by atoms with Crippen LogP contribution < -0.4 is 10.6 Å². The van der Waals surface area contributed by atoms with E-state index in [4.69, 9.17) is 0 Å². The summed E-state index contributed by atoms with van der Waals surface area (Å²) in [5.41, 5.74) is 4.33. The number of benzene rings is 2. The largest absolute Gasteiger partial charge is 0.352 e. The maximum atomic E-state index is 14.6. The molecule has 13 heteroatoms. The molecular formula is C28H34Br6N2O4S. The first-order valence-corrected chi connectivity index (χ1v) is 21.4. The zero-order valence-corrected chi connectivity index (χ0v) is 33.3. The Kier molecular flexibility index (Phi) is 16.6. The van der Waals surface area contributed by atoms with Crippen LogP contribution in [-0.2, 0) is 41.8 Å². The number of carbonyl (C=O) groups excluding carboxylic acids is 2. The van der Waals surface area contributed by atoms with E-state index in [0.717, 1.165) is 36.8 Å². The van der Waals surface area contributed by atoms with E-state index in [2.05, 4.69) is 106 Å². The molecule has 0 spiro atoms. The summed E-state index contributed by atoms with van der Waals surface area (Å²) in [7, 11) is -4.19. The van der Waals surface area contributed by atoms with Gasteiger partial charge in [-0.1, -0.05) is 122 Å². The Morgan fingerprint density at radius 2 is 0.951 bits per heavy atom. The minimum absolute atomic E-state index is 0.0424. The molecule has 0 aromatic heterocycles. The third-order valence-corrected chi connectivity index (χ3v) is 12.0. The van der Waals surface area contributed by atoms with Crippen LogP contribution in [-0.4, -0.2) is 33.3 Å². The first kappa shape index (κ1) is 37.4. The lowest BCUT2D eigenvalue weighted by Crippen LogP contribution is -2.29. The lowest BCUT2D eigenvalue weighted by atomic mass is 9.97. The molecule has 2 aromatic rings. The third kappa shape index (κ3) is 8.69. The van der Waals surface area contributed by atoms with Gasteiger partial charge in [0.15, 0.2) is 0 Å². The lowest BCUT2D eigenvalue weighted by Gasteiger charge is -2.23. The highest BCUT2D eigenvalue weighted by molar-refractivity contribution is 9.09. The summed E-state index contributed by atoms with van der Waals surface area (Å²) in [6.45, 7) is 5.06. The number of alkyl halides is 6. The Hall–Kier alpha value is 0.210. The van der Waals surface area contributed by atoms with E-state index in [1.807, 2.05) is 13.8 Å². The molecule has 228 valence electrons. The summed E-state index contributed by atoms with van der Waals surface area (Å²) in [6, 6.07) is 3.29. The van der Waals surface area contributed by atoms with Gasteiger partial charge in [0.2, 0.25) is 9.84 Å². The fourth-order valence-corrected chi connectivity index (χ4v) is 10.1. The summed E-state index contributed by atoms with van der Waals surface area (Å²) in [6.07, 6.45) is 3.47. The zero-order valence-electron chi connectivity index (χ0n) is 22.9. The highest BCUT2D eigenvalue weighted by Gasteiger charge is 2.33. The van der Waals surface area contributed by atoms with E-state index in [9.17, 15) is 18.0 Å². The van der Waals surface area contributed by atoms with Crippen molar-refractivity contribution in [3.05, 3.63) is 56.6 Å². The van der Waals surface area contributed by atoms with Gasteiger partial charge in [0.1, 0.15) is 0 Å². The Labute approximate surface area is 294 Å².